The number of hydrogen-bond donors (Lipinski definition) is 2. The van der Waals surface area contributed by atoms with E-state index in [0.29, 0.717) is 22.2 Å². The molecule has 0 aliphatic carbocycles. The van der Waals surface area contributed by atoms with Crippen LogP contribution in [-0.4, -0.2) is 21.7 Å². The summed E-state index contributed by atoms with van der Waals surface area (Å²) in [6.45, 7) is 0. The van der Waals surface area contributed by atoms with Gasteiger partial charge in [0.1, 0.15) is 10.7 Å². The van der Waals surface area contributed by atoms with Gasteiger partial charge in [0.15, 0.2) is 5.82 Å². The van der Waals surface area contributed by atoms with Gasteiger partial charge in [-0.25, -0.2) is 9.98 Å². The number of aromatic nitrogens is 1. The largest absolute Gasteiger partial charge is 0.416 e. The minimum Gasteiger partial charge on any atom is -0.338 e. The number of aliphatic imine (C=N–C) groups is 1. The molecule has 3 aromatic rings. The fraction of sp³-hybridized carbons (Fsp3) is 0.0952. The van der Waals surface area contributed by atoms with Crippen molar-refractivity contribution in [2.75, 3.05) is 16.4 Å². The lowest BCUT2D eigenvalue weighted by atomic mass is 10.2. The fourth-order valence-corrected chi connectivity index (χ4v) is 3.68. The summed E-state index contributed by atoms with van der Waals surface area (Å²) in [5.74, 6) is 0.322. The van der Waals surface area contributed by atoms with E-state index in [4.69, 9.17) is 0 Å². The molecule has 2 aromatic carbocycles. The zero-order chi connectivity index (χ0) is 21.1. The van der Waals surface area contributed by atoms with E-state index in [0.717, 1.165) is 23.4 Å². The summed E-state index contributed by atoms with van der Waals surface area (Å²) >= 11 is 1.24. The van der Waals surface area contributed by atoms with Crippen LogP contribution in [0.1, 0.15) is 11.1 Å². The Labute approximate surface area is 174 Å². The van der Waals surface area contributed by atoms with Crippen LogP contribution in [0.5, 0.6) is 0 Å². The molecule has 0 bridgehead atoms. The molecule has 0 unspecified atom stereocenters. The number of nitrogens with one attached hydrogen (secondary N) is 2. The highest BCUT2D eigenvalue weighted by molar-refractivity contribution is 8.15. The number of amides is 1. The van der Waals surface area contributed by atoms with Gasteiger partial charge in [-0.05, 0) is 42.5 Å². The minimum atomic E-state index is -4.41. The number of alkyl halides is 3. The Kier molecular flexibility index (Phi) is 5.45. The molecule has 0 fully saturated rings. The smallest absolute Gasteiger partial charge is 0.338 e. The number of carbonyl (C=O) groups is 1. The topological polar surface area (TPSA) is 66.4 Å². The van der Waals surface area contributed by atoms with Crippen LogP contribution in [0.3, 0.4) is 0 Å². The van der Waals surface area contributed by atoms with E-state index in [1.54, 1.807) is 12.3 Å². The van der Waals surface area contributed by atoms with Gasteiger partial charge in [0.2, 0.25) is 5.91 Å². The molecule has 4 rings (SSSR count). The van der Waals surface area contributed by atoms with Gasteiger partial charge in [-0.2, -0.15) is 13.2 Å². The van der Waals surface area contributed by atoms with Crippen molar-refractivity contribution in [2.45, 2.75) is 6.18 Å². The van der Waals surface area contributed by atoms with Gasteiger partial charge in [0.05, 0.1) is 11.3 Å². The molecule has 9 heteroatoms. The third-order valence-corrected chi connectivity index (χ3v) is 5.25. The van der Waals surface area contributed by atoms with Crippen molar-refractivity contribution in [3.05, 3.63) is 78.0 Å². The lowest BCUT2D eigenvalue weighted by molar-refractivity contribution is -0.137. The van der Waals surface area contributed by atoms with Gasteiger partial charge in [-0.3, -0.25) is 4.79 Å². The van der Waals surface area contributed by atoms with E-state index in [1.165, 1.54) is 23.9 Å². The maximum absolute atomic E-state index is 12.7. The monoisotopic (exact) mass is 428 g/mol. The molecule has 30 heavy (non-hydrogen) atoms. The number of hydrogen-bond acceptors (Lipinski definition) is 5. The first-order valence-electron chi connectivity index (χ1n) is 8.90. The summed E-state index contributed by atoms with van der Waals surface area (Å²) in [5.41, 5.74) is 1.85. The van der Waals surface area contributed by atoms with Crippen LogP contribution in [0.25, 0.3) is 0 Å². The predicted molar refractivity (Wildman–Crippen MR) is 113 cm³/mol. The summed E-state index contributed by atoms with van der Waals surface area (Å²) in [5, 5.41) is 6.50. The Morgan fingerprint density at radius 3 is 2.57 bits per heavy atom. The van der Waals surface area contributed by atoms with Crippen LogP contribution in [0, 0.1) is 0 Å². The number of anilines is 3. The molecular formula is C21H15F3N4OS. The molecule has 5 nitrogen and oxygen atoms in total. The van der Waals surface area contributed by atoms with E-state index >= 15 is 0 Å². The molecule has 2 N–H and O–H groups in total. The third kappa shape index (κ3) is 4.46. The van der Waals surface area contributed by atoms with Crippen LogP contribution in [0.2, 0.25) is 0 Å². The van der Waals surface area contributed by atoms with Gasteiger partial charge in [-0.1, -0.05) is 30.0 Å². The number of thioether (sulfide) groups is 1. The van der Waals surface area contributed by atoms with E-state index < -0.39 is 11.7 Å². The first-order valence-corrected chi connectivity index (χ1v) is 9.89. The molecule has 152 valence electrons. The number of halogens is 3. The number of pyridine rings is 1. The number of carbonyl (C=O) groups excluding carboxylic acids is 1. The number of rotatable bonds is 3. The van der Waals surface area contributed by atoms with Gasteiger partial charge < -0.3 is 10.6 Å². The van der Waals surface area contributed by atoms with Gasteiger partial charge in [0.25, 0.3) is 0 Å². The number of para-hydroxylation sites is 1. The van der Waals surface area contributed by atoms with Gasteiger partial charge >= 0.3 is 6.18 Å². The molecule has 0 saturated carbocycles. The summed E-state index contributed by atoms with van der Waals surface area (Å²) in [6, 6.07) is 15.5. The van der Waals surface area contributed by atoms with Crippen molar-refractivity contribution in [1.29, 1.82) is 0 Å². The zero-order valence-corrected chi connectivity index (χ0v) is 16.2. The summed E-state index contributed by atoms with van der Waals surface area (Å²) in [6.07, 6.45) is -2.75. The Balaban J connectivity index is 1.48. The Morgan fingerprint density at radius 2 is 1.80 bits per heavy atom. The molecule has 1 amide bonds. The highest BCUT2D eigenvalue weighted by atomic mass is 32.2. The summed E-state index contributed by atoms with van der Waals surface area (Å²) < 4.78 is 38.0. The van der Waals surface area contributed by atoms with Crippen LogP contribution in [-0.2, 0) is 11.0 Å². The lowest BCUT2D eigenvalue weighted by Crippen LogP contribution is -2.16. The second-order valence-corrected chi connectivity index (χ2v) is 7.33. The second-order valence-electron chi connectivity index (χ2n) is 6.37. The average Bonchev–Trinajstić information content (AvgIpc) is 2.88. The highest BCUT2D eigenvalue weighted by Crippen LogP contribution is 2.35. The van der Waals surface area contributed by atoms with Gasteiger partial charge in [-0.15, -0.1) is 0 Å². The van der Waals surface area contributed by atoms with E-state index in [1.807, 2.05) is 30.3 Å². The fourth-order valence-electron chi connectivity index (χ4n) is 2.84. The molecular weight excluding hydrogens is 413 g/mol. The van der Waals surface area contributed by atoms with Crippen LogP contribution in [0.4, 0.5) is 36.1 Å². The Bertz CT molecular complexity index is 1110. The first-order chi connectivity index (χ1) is 14.4. The maximum atomic E-state index is 12.7. The van der Waals surface area contributed by atoms with E-state index in [-0.39, 0.29) is 11.7 Å². The zero-order valence-electron chi connectivity index (χ0n) is 15.4. The highest BCUT2D eigenvalue weighted by Gasteiger charge is 2.30. The van der Waals surface area contributed by atoms with Crippen LogP contribution >= 0.6 is 11.8 Å². The molecule has 2 heterocycles. The minimum absolute atomic E-state index is 0.0454. The Hall–Kier alpha value is -3.33. The lowest BCUT2D eigenvalue weighted by Gasteiger charge is -2.10. The molecule has 0 spiro atoms. The summed E-state index contributed by atoms with van der Waals surface area (Å²) in [4.78, 5) is 21.3. The number of nitrogens with zero attached hydrogens (tertiary/aromatic N) is 2. The number of fused-ring (bicyclic) bond motifs is 2. The van der Waals surface area contributed by atoms with Crippen LogP contribution < -0.4 is 10.6 Å². The quantitative estimate of drug-likeness (QED) is 0.569. The SMILES string of the molecule is O=C(CSC1=Nc2cccnc2Nc2ccccc21)Nc1ccc(C(F)(F)F)cc1. The molecule has 1 aliphatic rings. The van der Waals surface area contributed by atoms with E-state index in [2.05, 4.69) is 20.6 Å². The normalized spacial score (nSPS) is 12.7. The second kappa shape index (κ2) is 8.19. The molecule has 1 aliphatic heterocycles. The maximum Gasteiger partial charge on any atom is 0.416 e. The van der Waals surface area contributed by atoms with Crippen molar-refractivity contribution in [2.24, 2.45) is 4.99 Å². The van der Waals surface area contributed by atoms with Gasteiger partial charge in [0, 0.05) is 23.1 Å². The summed E-state index contributed by atoms with van der Waals surface area (Å²) in [7, 11) is 0. The van der Waals surface area contributed by atoms with Crippen molar-refractivity contribution in [3.8, 4) is 0 Å². The van der Waals surface area contributed by atoms with Crippen molar-refractivity contribution in [3.63, 3.8) is 0 Å². The Morgan fingerprint density at radius 1 is 1.03 bits per heavy atom. The molecule has 1 aromatic heterocycles. The predicted octanol–water partition coefficient (Wildman–Crippen LogP) is 5.61. The molecule has 0 radical (unpaired) electrons. The number of benzene rings is 2. The molecule has 0 atom stereocenters. The third-order valence-electron chi connectivity index (χ3n) is 4.25. The average molecular weight is 428 g/mol. The standard InChI is InChI=1S/C21H15F3N4OS/c22-21(23,24)13-7-9-14(10-8-13)26-18(29)12-30-20-15-4-1-2-5-16(15)27-19-17(28-20)6-3-11-25-19/h1-11H,12H2,(H,25,27)(H,26,29). The van der Waals surface area contributed by atoms with E-state index in [9.17, 15) is 18.0 Å². The van der Waals surface area contributed by atoms with Crippen molar-refractivity contribution < 1.29 is 18.0 Å². The molecule has 0 saturated heterocycles. The van der Waals surface area contributed by atoms with Crippen LogP contribution in [0.15, 0.2) is 71.9 Å². The first kappa shape index (κ1) is 20.0. The van der Waals surface area contributed by atoms with Crippen molar-refractivity contribution in [1.82, 2.24) is 4.98 Å². The van der Waals surface area contributed by atoms with Crippen molar-refractivity contribution >= 4 is 45.6 Å².